The average molecular weight is 618 g/mol. The molecule has 3 aliphatic rings. The van der Waals surface area contributed by atoms with E-state index in [1.54, 1.807) is 54.6 Å². The molecule has 7 nitrogen and oxygen atoms in total. The molecule has 2 atom stereocenters. The predicted octanol–water partition coefficient (Wildman–Crippen LogP) is 5.69. The van der Waals surface area contributed by atoms with Gasteiger partial charge < -0.3 is 19.8 Å². The number of hydrogen-bond acceptors (Lipinski definition) is 6. The lowest BCUT2D eigenvalue weighted by Gasteiger charge is -2.45. The molecule has 3 aromatic rings. The van der Waals surface area contributed by atoms with Crippen molar-refractivity contribution >= 4 is 17.5 Å². The van der Waals surface area contributed by atoms with E-state index in [1.165, 1.54) is 11.0 Å². The highest BCUT2D eigenvalue weighted by molar-refractivity contribution is 6.30. The van der Waals surface area contributed by atoms with Gasteiger partial charge in [0, 0.05) is 17.1 Å². The first kappa shape index (κ1) is 30.7. The summed E-state index contributed by atoms with van der Waals surface area (Å²) in [6.45, 7) is 3.63. The van der Waals surface area contributed by atoms with Gasteiger partial charge >= 0.3 is 0 Å². The molecule has 3 aromatic carbocycles. The Hall–Kier alpha value is -3.32. The summed E-state index contributed by atoms with van der Waals surface area (Å²) < 4.78 is 23.6. The van der Waals surface area contributed by atoms with Crippen LogP contribution in [0.25, 0.3) is 0 Å². The number of aliphatic hydroxyl groups excluding tert-OH is 1. The summed E-state index contributed by atoms with van der Waals surface area (Å²) in [7, 11) is 2.05. The van der Waals surface area contributed by atoms with Gasteiger partial charge in [-0.05, 0) is 106 Å². The van der Waals surface area contributed by atoms with Gasteiger partial charge in [0.15, 0.2) is 0 Å². The molecule has 0 radical (unpaired) electrons. The zero-order valence-electron chi connectivity index (χ0n) is 25.0. The van der Waals surface area contributed by atoms with Crippen LogP contribution in [0.4, 0.5) is 4.39 Å². The third-order valence-corrected chi connectivity index (χ3v) is 10.0. The second-order valence-electron chi connectivity index (χ2n) is 12.5. The number of likely N-dealkylation sites (tertiary alicyclic amines) is 1. The van der Waals surface area contributed by atoms with Gasteiger partial charge in [-0.1, -0.05) is 42.8 Å². The Morgan fingerprint density at radius 2 is 1.77 bits per heavy atom. The minimum absolute atomic E-state index is 0.0684. The highest BCUT2D eigenvalue weighted by Gasteiger charge is 2.57. The Morgan fingerprint density at radius 3 is 2.36 bits per heavy atom. The first-order chi connectivity index (χ1) is 21.1. The zero-order chi connectivity index (χ0) is 31.2. The number of ether oxygens (including phenoxy) is 1. The summed E-state index contributed by atoms with van der Waals surface area (Å²) in [5, 5.41) is 32.0. The van der Waals surface area contributed by atoms with Crippen LogP contribution in [-0.2, 0) is 22.6 Å². The van der Waals surface area contributed by atoms with Crippen molar-refractivity contribution in [1.82, 2.24) is 9.80 Å². The van der Waals surface area contributed by atoms with Gasteiger partial charge in [0.05, 0.1) is 40.6 Å². The monoisotopic (exact) mass is 617 g/mol. The van der Waals surface area contributed by atoms with Crippen LogP contribution in [0.2, 0.25) is 5.02 Å². The van der Waals surface area contributed by atoms with E-state index in [0.29, 0.717) is 41.0 Å². The van der Waals surface area contributed by atoms with Gasteiger partial charge in [0.1, 0.15) is 5.82 Å². The van der Waals surface area contributed by atoms with E-state index >= 15 is 4.39 Å². The van der Waals surface area contributed by atoms with Gasteiger partial charge in [0.2, 0.25) is 5.72 Å². The number of benzene rings is 3. The fourth-order valence-corrected chi connectivity index (χ4v) is 7.23. The molecule has 2 fully saturated rings. The molecule has 2 N–H and O–H groups in total. The lowest BCUT2D eigenvalue weighted by atomic mass is 9.73. The third kappa shape index (κ3) is 5.21. The van der Waals surface area contributed by atoms with Gasteiger partial charge in [-0.25, -0.2) is 4.39 Å². The standard InChI is InChI=1S/C35H37ClFN3O4/c1-3-34(43,24-12-14-39(2)15-13-24)26-16-30-32(31(37)17-26)35(44-29-18-28(41)19-29,25-8-10-27(36)11-9-25)40(33(30)42)21-23-6-4-22(20-38)5-7-23/h4-11,16-17,24,28-29,41,43H,3,12-15,18-19,21H2,1-2H3/t28-,29+,34?,35?. The Morgan fingerprint density at radius 1 is 1.11 bits per heavy atom. The molecular weight excluding hydrogens is 581 g/mol. The van der Waals surface area contributed by atoms with Crippen molar-refractivity contribution < 1.29 is 24.1 Å². The highest BCUT2D eigenvalue weighted by atomic mass is 35.5. The van der Waals surface area contributed by atoms with Crippen molar-refractivity contribution in [2.45, 2.75) is 69.1 Å². The fourth-order valence-electron chi connectivity index (χ4n) is 7.10. The number of aliphatic hydroxyl groups is 2. The van der Waals surface area contributed by atoms with E-state index in [2.05, 4.69) is 18.0 Å². The van der Waals surface area contributed by atoms with Crippen LogP contribution in [0, 0.1) is 23.1 Å². The molecule has 1 saturated heterocycles. The van der Waals surface area contributed by atoms with Crippen molar-refractivity contribution in [2.75, 3.05) is 20.1 Å². The van der Waals surface area contributed by atoms with Crippen molar-refractivity contribution in [2.24, 2.45) is 5.92 Å². The molecule has 2 aliphatic heterocycles. The van der Waals surface area contributed by atoms with E-state index in [-0.39, 0.29) is 23.6 Å². The first-order valence-corrected chi connectivity index (χ1v) is 15.6. The van der Waals surface area contributed by atoms with Crippen molar-refractivity contribution in [3.05, 3.63) is 105 Å². The number of piperidine rings is 1. The molecule has 0 aromatic heterocycles. The van der Waals surface area contributed by atoms with Gasteiger partial charge in [-0.3, -0.25) is 9.69 Å². The summed E-state index contributed by atoms with van der Waals surface area (Å²) in [6, 6.07) is 18.9. The number of fused-ring (bicyclic) bond motifs is 1. The number of carbonyl (C=O) groups is 1. The molecule has 0 spiro atoms. The number of carbonyl (C=O) groups excluding carboxylic acids is 1. The first-order valence-electron chi connectivity index (χ1n) is 15.3. The molecule has 1 saturated carbocycles. The summed E-state index contributed by atoms with van der Waals surface area (Å²) in [5.74, 6) is -1.15. The zero-order valence-corrected chi connectivity index (χ0v) is 25.7. The number of rotatable bonds is 8. The van der Waals surface area contributed by atoms with Gasteiger partial charge in [-0.2, -0.15) is 5.26 Å². The van der Waals surface area contributed by atoms with Crippen LogP contribution in [-0.4, -0.2) is 58.3 Å². The third-order valence-electron chi connectivity index (χ3n) is 9.78. The average Bonchev–Trinajstić information content (AvgIpc) is 3.24. The van der Waals surface area contributed by atoms with Crippen LogP contribution >= 0.6 is 11.6 Å². The quantitative estimate of drug-likeness (QED) is 0.337. The molecule has 1 amide bonds. The maximum absolute atomic E-state index is 16.9. The van der Waals surface area contributed by atoms with Crippen LogP contribution in [0.3, 0.4) is 0 Å². The Bertz CT molecular complexity index is 1580. The molecule has 0 bridgehead atoms. The van der Waals surface area contributed by atoms with Gasteiger partial charge in [0.25, 0.3) is 5.91 Å². The fraction of sp³-hybridized carbons (Fsp3) is 0.429. The van der Waals surface area contributed by atoms with Crippen molar-refractivity contribution in [1.29, 1.82) is 5.26 Å². The number of amides is 1. The Labute approximate surface area is 262 Å². The van der Waals surface area contributed by atoms with E-state index in [9.17, 15) is 20.3 Å². The Kier molecular flexibility index (Phi) is 8.29. The van der Waals surface area contributed by atoms with E-state index in [4.69, 9.17) is 16.3 Å². The molecular formula is C35H37ClFN3O4. The molecule has 9 heteroatoms. The van der Waals surface area contributed by atoms with E-state index in [0.717, 1.165) is 31.5 Å². The maximum Gasteiger partial charge on any atom is 0.257 e. The normalized spacial score (nSPS) is 25.3. The smallest absolute Gasteiger partial charge is 0.257 e. The van der Waals surface area contributed by atoms with E-state index in [1.807, 2.05) is 6.92 Å². The molecule has 1 aliphatic carbocycles. The topological polar surface area (TPSA) is 97.0 Å². The van der Waals surface area contributed by atoms with Crippen molar-refractivity contribution in [3.8, 4) is 6.07 Å². The van der Waals surface area contributed by atoms with Crippen LogP contribution < -0.4 is 0 Å². The Balaban J connectivity index is 1.53. The number of halogens is 2. The second-order valence-corrected chi connectivity index (χ2v) is 12.9. The van der Waals surface area contributed by atoms with Crippen LogP contribution in [0.1, 0.15) is 77.2 Å². The lowest BCUT2D eigenvalue weighted by Crippen LogP contribution is -2.51. The molecule has 6 rings (SSSR count). The lowest BCUT2D eigenvalue weighted by molar-refractivity contribution is -0.190. The number of hydrogen-bond donors (Lipinski definition) is 2. The number of nitriles is 1. The molecule has 2 heterocycles. The van der Waals surface area contributed by atoms with Crippen LogP contribution in [0.5, 0.6) is 0 Å². The van der Waals surface area contributed by atoms with Gasteiger partial charge in [-0.15, -0.1) is 0 Å². The summed E-state index contributed by atoms with van der Waals surface area (Å²) >= 11 is 6.27. The summed E-state index contributed by atoms with van der Waals surface area (Å²) in [6.07, 6.45) is 1.66. The minimum atomic E-state index is -1.66. The second kappa shape index (κ2) is 11.9. The molecule has 44 heavy (non-hydrogen) atoms. The SMILES string of the molecule is CCC(O)(c1cc(F)c2c(c1)C(=O)N(Cc1ccc(C#N)cc1)C2(O[C@H]1C[C@@H](O)C1)c1ccc(Cl)cc1)C1CCN(C)CC1. The van der Waals surface area contributed by atoms with Crippen LogP contribution in [0.15, 0.2) is 60.7 Å². The number of nitrogens with zero attached hydrogens (tertiary/aromatic N) is 3. The van der Waals surface area contributed by atoms with E-state index < -0.39 is 35.3 Å². The largest absolute Gasteiger partial charge is 0.393 e. The molecule has 2 unspecified atom stereocenters. The minimum Gasteiger partial charge on any atom is -0.393 e. The summed E-state index contributed by atoms with van der Waals surface area (Å²) in [4.78, 5) is 18.3. The highest BCUT2D eigenvalue weighted by Crippen LogP contribution is 2.51. The maximum atomic E-state index is 16.9. The van der Waals surface area contributed by atoms with Crippen molar-refractivity contribution in [3.63, 3.8) is 0 Å². The summed E-state index contributed by atoms with van der Waals surface area (Å²) in [5.41, 5.74) is -0.598. The predicted molar refractivity (Wildman–Crippen MR) is 164 cm³/mol. The molecule has 230 valence electrons.